The van der Waals surface area contributed by atoms with Gasteiger partial charge in [0, 0.05) is 0 Å². The van der Waals surface area contributed by atoms with Gasteiger partial charge in [-0.15, -0.1) is 0 Å². The second-order valence-electron chi connectivity index (χ2n) is 4.80. The first-order valence-electron chi connectivity index (χ1n) is 5.94. The second-order valence-corrected chi connectivity index (χ2v) is 4.80. The summed E-state index contributed by atoms with van der Waals surface area (Å²) in [5.41, 5.74) is 0. The lowest BCUT2D eigenvalue weighted by Gasteiger charge is -2.29. The molecule has 0 saturated carbocycles. The fraction of sp³-hybridized carbons (Fsp3) is 1.00. The second kappa shape index (κ2) is 10.2. The van der Waals surface area contributed by atoms with E-state index < -0.39 is 0 Å². The van der Waals surface area contributed by atoms with E-state index in [1.807, 2.05) is 0 Å². The first kappa shape index (κ1) is 17.1. The maximum atomic E-state index is 2.37. The molecule has 0 spiro atoms. The molecule has 0 aromatic heterocycles. The molecule has 0 amide bonds. The van der Waals surface area contributed by atoms with Crippen molar-refractivity contribution >= 4 is 0 Å². The molecule has 88 valence electrons. The lowest BCUT2D eigenvalue weighted by molar-refractivity contribution is -0.890. The van der Waals surface area contributed by atoms with E-state index in [1.54, 1.807) is 0 Å². The molecule has 0 aliphatic carbocycles. The third kappa shape index (κ3) is 10.8. The highest BCUT2D eigenvalue weighted by Gasteiger charge is 2.12. The van der Waals surface area contributed by atoms with Crippen molar-refractivity contribution in [3.8, 4) is 0 Å². The molecule has 0 heterocycles. The number of unbranched alkanes of at least 4 members (excludes halogenated alkanes) is 4. The molecule has 0 bridgehead atoms. The van der Waals surface area contributed by atoms with Crippen LogP contribution in [0.15, 0.2) is 0 Å². The van der Waals surface area contributed by atoms with E-state index >= 15 is 0 Å². The van der Waals surface area contributed by atoms with Gasteiger partial charge in [0.1, 0.15) is 0 Å². The standard InChI is InChI=1S/C12H28N.HI/c1-5-7-9-11-13(3,4)12-10-8-6-2;/h5-12H2,1-4H3;1H/q+1;/p-1. The summed E-state index contributed by atoms with van der Waals surface area (Å²) in [4.78, 5) is 0. The van der Waals surface area contributed by atoms with Crippen molar-refractivity contribution in [2.75, 3.05) is 27.2 Å². The SMILES string of the molecule is CCCCC[N+](C)(C)CCCCC.[I-]. The molecule has 0 aromatic carbocycles. The van der Waals surface area contributed by atoms with E-state index in [-0.39, 0.29) is 24.0 Å². The van der Waals surface area contributed by atoms with Crippen molar-refractivity contribution < 1.29 is 28.5 Å². The van der Waals surface area contributed by atoms with Crippen molar-refractivity contribution in [3.05, 3.63) is 0 Å². The summed E-state index contributed by atoms with van der Waals surface area (Å²) >= 11 is 0. The van der Waals surface area contributed by atoms with Gasteiger partial charge in [0.15, 0.2) is 0 Å². The van der Waals surface area contributed by atoms with Crippen LogP contribution in [0.4, 0.5) is 0 Å². The molecule has 0 radical (unpaired) electrons. The Kier molecular flexibility index (Phi) is 12.5. The largest absolute Gasteiger partial charge is 1.00 e. The molecule has 14 heavy (non-hydrogen) atoms. The summed E-state index contributed by atoms with van der Waals surface area (Å²) in [5, 5.41) is 0. The van der Waals surface area contributed by atoms with E-state index in [0.717, 1.165) is 0 Å². The predicted octanol–water partition coefficient (Wildman–Crippen LogP) is 0.447. The maximum Gasteiger partial charge on any atom is 0.0782 e. The van der Waals surface area contributed by atoms with Crippen molar-refractivity contribution in [2.45, 2.75) is 52.4 Å². The number of quaternary nitrogens is 1. The molecule has 0 fully saturated rings. The average Bonchev–Trinajstić information content (AvgIpc) is 2.05. The lowest BCUT2D eigenvalue weighted by atomic mass is 10.2. The first-order chi connectivity index (χ1) is 6.12. The van der Waals surface area contributed by atoms with E-state index in [9.17, 15) is 0 Å². The van der Waals surface area contributed by atoms with E-state index in [2.05, 4.69) is 27.9 Å². The monoisotopic (exact) mass is 313 g/mol. The molecule has 0 atom stereocenters. The smallest absolute Gasteiger partial charge is 0.0782 e. The van der Waals surface area contributed by atoms with Crippen LogP contribution >= 0.6 is 0 Å². The summed E-state index contributed by atoms with van der Waals surface area (Å²) in [7, 11) is 4.73. The van der Waals surface area contributed by atoms with Crippen molar-refractivity contribution in [3.63, 3.8) is 0 Å². The number of hydrogen-bond donors (Lipinski definition) is 0. The van der Waals surface area contributed by atoms with Crippen LogP contribution in [0.2, 0.25) is 0 Å². The van der Waals surface area contributed by atoms with E-state index in [4.69, 9.17) is 0 Å². The zero-order chi connectivity index (χ0) is 10.2. The minimum atomic E-state index is 0. The average molecular weight is 313 g/mol. The zero-order valence-electron chi connectivity index (χ0n) is 10.5. The Bertz CT molecular complexity index is 101. The van der Waals surface area contributed by atoms with Crippen LogP contribution in [0.1, 0.15) is 52.4 Å². The molecule has 0 saturated heterocycles. The van der Waals surface area contributed by atoms with Crippen LogP contribution in [0.25, 0.3) is 0 Å². The molecule has 0 unspecified atom stereocenters. The normalized spacial score (nSPS) is 11.1. The van der Waals surface area contributed by atoms with Crippen molar-refractivity contribution in [1.29, 1.82) is 0 Å². The Morgan fingerprint density at radius 3 is 1.36 bits per heavy atom. The van der Waals surface area contributed by atoms with Crippen LogP contribution in [-0.4, -0.2) is 31.7 Å². The molecule has 1 nitrogen and oxygen atoms in total. The molecule has 0 aliphatic heterocycles. The molecule has 0 aliphatic rings. The summed E-state index contributed by atoms with van der Waals surface area (Å²) in [5.74, 6) is 0. The third-order valence-electron chi connectivity index (χ3n) is 2.73. The Morgan fingerprint density at radius 1 is 0.714 bits per heavy atom. The van der Waals surface area contributed by atoms with E-state index in [1.165, 1.54) is 56.1 Å². The predicted molar refractivity (Wildman–Crippen MR) is 60.9 cm³/mol. The quantitative estimate of drug-likeness (QED) is 0.347. The van der Waals surface area contributed by atoms with Gasteiger partial charge in [-0.1, -0.05) is 26.7 Å². The summed E-state index contributed by atoms with van der Waals surface area (Å²) in [6, 6.07) is 0. The summed E-state index contributed by atoms with van der Waals surface area (Å²) in [6.45, 7) is 7.27. The van der Waals surface area contributed by atoms with Crippen LogP contribution in [0, 0.1) is 0 Å². The third-order valence-corrected chi connectivity index (χ3v) is 2.73. The van der Waals surface area contributed by atoms with Gasteiger partial charge in [0.2, 0.25) is 0 Å². The molecular weight excluding hydrogens is 285 g/mol. The van der Waals surface area contributed by atoms with Gasteiger partial charge >= 0.3 is 0 Å². The highest BCUT2D eigenvalue weighted by atomic mass is 127. The lowest BCUT2D eigenvalue weighted by Crippen LogP contribution is -3.00. The topological polar surface area (TPSA) is 0 Å². The van der Waals surface area contributed by atoms with Gasteiger partial charge in [0.25, 0.3) is 0 Å². The van der Waals surface area contributed by atoms with Gasteiger partial charge < -0.3 is 28.5 Å². The van der Waals surface area contributed by atoms with Crippen LogP contribution in [0.5, 0.6) is 0 Å². The molecular formula is C12H28IN. The van der Waals surface area contributed by atoms with Crippen LogP contribution in [0.3, 0.4) is 0 Å². The molecule has 0 rings (SSSR count). The fourth-order valence-corrected chi connectivity index (χ4v) is 1.69. The number of hydrogen-bond acceptors (Lipinski definition) is 0. The minimum Gasteiger partial charge on any atom is -1.00 e. The van der Waals surface area contributed by atoms with E-state index in [0.29, 0.717) is 0 Å². The molecule has 0 N–H and O–H groups in total. The fourth-order valence-electron chi connectivity index (χ4n) is 1.69. The Hall–Kier alpha value is 0.690. The Balaban J connectivity index is 0. The van der Waals surface area contributed by atoms with Crippen LogP contribution in [-0.2, 0) is 0 Å². The summed E-state index contributed by atoms with van der Waals surface area (Å²) < 4.78 is 1.22. The van der Waals surface area contributed by atoms with Gasteiger partial charge in [-0.25, -0.2) is 0 Å². The maximum absolute atomic E-state index is 2.37. The van der Waals surface area contributed by atoms with Gasteiger partial charge in [-0.2, -0.15) is 0 Å². The minimum absolute atomic E-state index is 0. The van der Waals surface area contributed by atoms with Gasteiger partial charge in [0.05, 0.1) is 27.2 Å². The Morgan fingerprint density at radius 2 is 1.07 bits per heavy atom. The number of halogens is 1. The highest BCUT2D eigenvalue weighted by Crippen LogP contribution is 2.06. The zero-order valence-corrected chi connectivity index (χ0v) is 12.6. The van der Waals surface area contributed by atoms with Gasteiger partial charge in [-0.05, 0) is 25.7 Å². The number of nitrogens with zero attached hydrogens (tertiary/aromatic N) is 1. The van der Waals surface area contributed by atoms with Gasteiger partial charge in [-0.3, -0.25) is 0 Å². The van der Waals surface area contributed by atoms with Crippen molar-refractivity contribution in [2.24, 2.45) is 0 Å². The van der Waals surface area contributed by atoms with Crippen molar-refractivity contribution in [1.82, 2.24) is 0 Å². The highest BCUT2D eigenvalue weighted by molar-refractivity contribution is 4.41. The van der Waals surface area contributed by atoms with Crippen LogP contribution < -0.4 is 24.0 Å². The number of rotatable bonds is 8. The molecule has 0 aromatic rings. The first-order valence-corrected chi connectivity index (χ1v) is 5.94. The summed E-state index contributed by atoms with van der Waals surface area (Å²) in [6.07, 6.45) is 8.28. The molecule has 2 heteroatoms. The Labute approximate surface area is 108 Å².